The Hall–Kier alpha value is -1.10. The monoisotopic (exact) mass is 211 g/mol. The first-order valence-corrected chi connectivity index (χ1v) is 5.45. The molecule has 15 heavy (non-hydrogen) atoms. The zero-order valence-corrected chi connectivity index (χ0v) is 8.90. The van der Waals surface area contributed by atoms with Crippen molar-refractivity contribution in [2.75, 3.05) is 6.54 Å². The molecule has 5 nitrogen and oxygen atoms in total. The van der Waals surface area contributed by atoms with Crippen LogP contribution < -0.4 is 11.1 Å². The molecule has 2 amide bonds. The van der Waals surface area contributed by atoms with Gasteiger partial charge in [0, 0.05) is 12.6 Å². The molecule has 2 aliphatic rings. The summed E-state index contributed by atoms with van der Waals surface area (Å²) in [6, 6.07) is -0.0714. The van der Waals surface area contributed by atoms with E-state index in [1.807, 2.05) is 6.92 Å². The van der Waals surface area contributed by atoms with Crippen LogP contribution in [0.25, 0.3) is 0 Å². The van der Waals surface area contributed by atoms with Gasteiger partial charge in [-0.3, -0.25) is 9.59 Å². The van der Waals surface area contributed by atoms with Crippen LogP contribution in [0.15, 0.2) is 0 Å². The second kappa shape index (κ2) is 3.81. The van der Waals surface area contributed by atoms with Crippen molar-refractivity contribution in [3.8, 4) is 0 Å². The third-order valence-corrected chi connectivity index (χ3v) is 3.06. The molecule has 0 aromatic carbocycles. The number of hydrogen-bond acceptors (Lipinski definition) is 3. The summed E-state index contributed by atoms with van der Waals surface area (Å²) in [6.45, 7) is 2.50. The van der Waals surface area contributed by atoms with Gasteiger partial charge in [-0.2, -0.15) is 0 Å². The van der Waals surface area contributed by atoms with E-state index in [-0.39, 0.29) is 18.0 Å². The van der Waals surface area contributed by atoms with Crippen LogP contribution >= 0.6 is 0 Å². The Morgan fingerprint density at radius 3 is 2.47 bits per heavy atom. The first kappa shape index (κ1) is 10.4. The standard InChI is InChI=1S/C10H17N3O2/c1-6(12-7-2-3-7)10(15)13-5-4-8(13)9(11)14/h6-8,12H,2-5H2,1H3,(H2,11,14). The quantitative estimate of drug-likeness (QED) is 0.640. The molecule has 2 rings (SSSR count). The van der Waals surface area contributed by atoms with Gasteiger partial charge in [0.15, 0.2) is 0 Å². The average molecular weight is 211 g/mol. The number of rotatable bonds is 4. The van der Waals surface area contributed by atoms with Crippen LogP contribution in [0.2, 0.25) is 0 Å². The molecule has 1 saturated carbocycles. The number of hydrogen-bond donors (Lipinski definition) is 2. The Morgan fingerprint density at radius 1 is 1.40 bits per heavy atom. The van der Waals surface area contributed by atoms with Crippen molar-refractivity contribution in [1.82, 2.24) is 10.2 Å². The minimum Gasteiger partial charge on any atom is -0.368 e. The van der Waals surface area contributed by atoms with Crippen LogP contribution in [0.5, 0.6) is 0 Å². The number of amides is 2. The van der Waals surface area contributed by atoms with Crippen molar-refractivity contribution in [1.29, 1.82) is 0 Å². The van der Waals surface area contributed by atoms with Crippen LogP contribution in [0.3, 0.4) is 0 Å². The summed E-state index contributed by atoms with van der Waals surface area (Å²) in [5.41, 5.74) is 5.19. The van der Waals surface area contributed by atoms with E-state index in [0.717, 1.165) is 12.8 Å². The molecular formula is C10H17N3O2. The van der Waals surface area contributed by atoms with Gasteiger partial charge in [0.1, 0.15) is 6.04 Å². The molecule has 0 aromatic heterocycles. The lowest BCUT2D eigenvalue weighted by molar-refractivity contribution is -0.147. The molecule has 2 fully saturated rings. The summed E-state index contributed by atoms with van der Waals surface area (Å²) in [6.07, 6.45) is 3.00. The first-order chi connectivity index (χ1) is 7.09. The molecule has 1 aliphatic heterocycles. The third-order valence-electron chi connectivity index (χ3n) is 3.06. The Balaban J connectivity index is 1.86. The van der Waals surface area contributed by atoms with E-state index < -0.39 is 5.91 Å². The Labute approximate surface area is 89.0 Å². The molecule has 1 aliphatic carbocycles. The minimum absolute atomic E-state index is 0.00282. The molecule has 2 atom stereocenters. The molecular weight excluding hydrogens is 194 g/mol. The van der Waals surface area contributed by atoms with Crippen molar-refractivity contribution >= 4 is 11.8 Å². The van der Waals surface area contributed by atoms with Gasteiger partial charge in [-0.25, -0.2) is 0 Å². The fraction of sp³-hybridized carbons (Fsp3) is 0.800. The summed E-state index contributed by atoms with van der Waals surface area (Å²) in [5.74, 6) is -0.398. The highest BCUT2D eigenvalue weighted by Crippen LogP contribution is 2.22. The van der Waals surface area contributed by atoms with Crippen molar-refractivity contribution in [2.24, 2.45) is 5.73 Å². The van der Waals surface area contributed by atoms with Gasteiger partial charge in [-0.1, -0.05) is 0 Å². The van der Waals surface area contributed by atoms with Crippen LogP contribution in [0, 0.1) is 0 Å². The molecule has 5 heteroatoms. The topological polar surface area (TPSA) is 75.4 Å². The van der Waals surface area contributed by atoms with Crippen LogP contribution in [-0.2, 0) is 9.59 Å². The van der Waals surface area contributed by atoms with E-state index in [4.69, 9.17) is 5.73 Å². The molecule has 0 radical (unpaired) electrons. The molecule has 3 N–H and O–H groups in total. The fourth-order valence-corrected chi connectivity index (χ4v) is 1.87. The number of carbonyl (C=O) groups is 2. The molecule has 0 bridgehead atoms. The van der Waals surface area contributed by atoms with Crippen molar-refractivity contribution in [3.05, 3.63) is 0 Å². The van der Waals surface area contributed by atoms with Crippen molar-refractivity contribution in [3.63, 3.8) is 0 Å². The highest BCUT2D eigenvalue weighted by atomic mass is 16.2. The molecule has 0 aromatic rings. The molecule has 1 saturated heterocycles. The maximum atomic E-state index is 11.9. The highest BCUT2D eigenvalue weighted by Gasteiger charge is 2.38. The van der Waals surface area contributed by atoms with Gasteiger partial charge in [-0.15, -0.1) is 0 Å². The molecule has 1 heterocycles. The summed E-state index contributed by atoms with van der Waals surface area (Å²) in [5, 5.41) is 3.22. The smallest absolute Gasteiger partial charge is 0.240 e. The Morgan fingerprint density at radius 2 is 2.07 bits per heavy atom. The number of nitrogens with one attached hydrogen (secondary N) is 1. The number of likely N-dealkylation sites (tertiary alicyclic amines) is 1. The molecule has 2 unspecified atom stereocenters. The van der Waals surface area contributed by atoms with Gasteiger partial charge in [0.05, 0.1) is 6.04 Å². The van der Waals surface area contributed by atoms with E-state index in [1.165, 1.54) is 0 Å². The lowest BCUT2D eigenvalue weighted by Gasteiger charge is -2.40. The van der Waals surface area contributed by atoms with E-state index in [2.05, 4.69) is 5.32 Å². The van der Waals surface area contributed by atoms with Gasteiger partial charge in [0.25, 0.3) is 0 Å². The number of primary amides is 1. The zero-order chi connectivity index (χ0) is 11.0. The predicted molar refractivity (Wildman–Crippen MR) is 54.9 cm³/mol. The predicted octanol–water partition coefficient (Wildman–Crippen LogP) is -0.787. The van der Waals surface area contributed by atoms with Gasteiger partial charge >= 0.3 is 0 Å². The molecule has 84 valence electrons. The average Bonchev–Trinajstić information content (AvgIpc) is 2.84. The first-order valence-electron chi connectivity index (χ1n) is 5.45. The zero-order valence-electron chi connectivity index (χ0n) is 8.90. The van der Waals surface area contributed by atoms with E-state index in [0.29, 0.717) is 19.0 Å². The van der Waals surface area contributed by atoms with Crippen molar-refractivity contribution in [2.45, 2.75) is 44.3 Å². The van der Waals surface area contributed by atoms with Gasteiger partial charge in [-0.05, 0) is 26.2 Å². The summed E-state index contributed by atoms with van der Waals surface area (Å²) < 4.78 is 0. The van der Waals surface area contributed by atoms with E-state index >= 15 is 0 Å². The van der Waals surface area contributed by atoms with Crippen LogP contribution in [0.4, 0.5) is 0 Å². The summed E-state index contributed by atoms with van der Waals surface area (Å²) in [4.78, 5) is 24.4. The lowest BCUT2D eigenvalue weighted by Crippen LogP contribution is -2.61. The fourth-order valence-electron chi connectivity index (χ4n) is 1.87. The summed E-state index contributed by atoms with van der Waals surface area (Å²) in [7, 11) is 0. The summed E-state index contributed by atoms with van der Waals surface area (Å²) >= 11 is 0. The second-order valence-electron chi connectivity index (χ2n) is 4.40. The maximum absolute atomic E-state index is 11.9. The highest BCUT2D eigenvalue weighted by molar-refractivity contribution is 5.90. The largest absolute Gasteiger partial charge is 0.368 e. The van der Waals surface area contributed by atoms with Crippen molar-refractivity contribution < 1.29 is 9.59 Å². The van der Waals surface area contributed by atoms with Gasteiger partial charge < -0.3 is 16.0 Å². The van der Waals surface area contributed by atoms with Crippen LogP contribution in [-0.4, -0.2) is 41.4 Å². The minimum atomic E-state index is -0.395. The molecule has 0 spiro atoms. The number of nitrogens with zero attached hydrogens (tertiary/aromatic N) is 1. The maximum Gasteiger partial charge on any atom is 0.240 e. The number of carbonyl (C=O) groups excluding carboxylic acids is 2. The Bertz CT molecular complexity index is 288. The van der Waals surface area contributed by atoms with E-state index in [1.54, 1.807) is 4.90 Å². The van der Waals surface area contributed by atoms with Crippen LogP contribution in [0.1, 0.15) is 26.2 Å². The SMILES string of the molecule is CC(NC1CC1)C(=O)N1CCC1C(N)=O. The number of nitrogens with two attached hydrogens (primary N) is 1. The Kier molecular flexibility index (Phi) is 2.65. The second-order valence-corrected chi connectivity index (χ2v) is 4.40. The van der Waals surface area contributed by atoms with E-state index in [9.17, 15) is 9.59 Å². The van der Waals surface area contributed by atoms with Gasteiger partial charge in [0.2, 0.25) is 11.8 Å². The normalized spacial score (nSPS) is 27.0. The third kappa shape index (κ3) is 2.12. The lowest BCUT2D eigenvalue weighted by atomic mass is 10.0.